The number of methoxy groups -OCH3 is 1. The van der Waals surface area contributed by atoms with E-state index in [4.69, 9.17) is 5.73 Å². The zero-order valence-electron chi connectivity index (χ0n) is 9.55. The highest BCUT2D eigenvalue weighted by Crippen LogP contribution is 2.12. The van der Waals surface area contributed by atoms with E-state index in [9.17, 15) is 4.79 Å². The van der Waals surface area contributed by atoms with Crippen LogP contribution in [-0.2, 0) is 21.8 Å². The van der Waals surface area contributed by atoms with Crippen LogP contribution < -0.4 is 5.73 Å². The number of carbonyl (C=O) groups excluding carboxylic acids is 1. The van der Waals surface area contributed by atoms with Crippen molar-refractivity contribution in [2.45, 2.75) is 25.3 Å². The van der Waals surface area contributed by atoms with Gasteiger partial charge in [-0.3, -0.25) is 9.48 Å². The molecule has 1 atom stereocenters. The molecule has 0 aliphatic carbocycles. The molecule has 0 fully saturated rings. The van der Waals surface area contributed by atoms with Gasteiger partial charge >= 0.3 is 5.97 Å². The Morgan fingerprint density at radius 2 is 2.50 bits per heavy atom. The van der Waals surface area contributed by atoms with Gasteiger partial charge in [0, 0.05) is 24.2 Å². The summed E-state index contributed by atoms with van der Waals surface area (Å²) in [6.45, 7) is 2.91. The predicted molar refractivity (Wildman–Crippen MR) is 64.1 cm³/mol. The molecule has 0 aromatic carbocycles. The molecule has 2 N–H and O–H groups in total. The van der Waals surface area contributed by atoms with Gasteiger partial charge in [0.1, 0.15) is 6.04 Å². The zero-order chi connectivity index (χ0) is 12.0. The van der Waals surface area contributed by atoms with E-state index in [1.807, 2.05) is 24.0 Å². The van der Waals surface area contributed by atoms with Crippen molar-refractivity contribution in [3.63, 3.8) is 0 Å². The standard InChI is InChI=1S/C10H17N3O2S/c1-3-13-5-8(4-12-13)6-16-7-9(11)10(14)15-2/h4-5,9H,3,6-7,11H2,1-2H3. The highest BCUT2D eigenvalue weighted by molar-refractivity contribution is 7.98. The summed E-state index contributed by atoms with van der Waals surface area (Å²) in [5.74, 6) is 1.01. The molecule has 0 amide bonds. The van der Waals surface area contributed by atoms with E-state index in [0.717, 1.165) is 17.9 Å². The number of hydrogen-bond donors (Lipinski definition) is 1. The number of aromatic nitrogens is 2. The Balaban J connectivity index is 2.27. The maximum atomic E-state index is 11.0. The second-order valence-electron chi connectivity index (χ2n) is 3.35. The molecule has 0 aliphatic heterocycles. The smallest absolute Gasteiger partial charge is 0.323 e. The summed E-state index contributed by atoms with van der Waals surface area (Å²) in [4.78, 5) is 11.0. The molecule has 0 bridgehead atoms. The maximum absolute atomic E-state index is 11.0. The monoisotopic (exact) mass is 243 g/mol. The van der Waals surface area contributed by atoms with Gasteiger partial charge in [-0.05, 0) is 12.5 Å². The van der Waals surface area contributed by atoms with Crippen LogP contribution in [0.2, 0.25) is 0 Å². The summed E-state index contributed by atoms with van der Waals surface area (Å²) >= 11 is 1.60. The van der Waals surface area contributed by atoms with Crippen LogP contribution in [0.3, 0.4) is 0 Å². The van der Waals surface area contributed by atoms with Crippen molar-refractivity contribution in [2.75, 3.05) is 12.9 Å². The van der Waals surface area contributed by atoms with Crippen molar-refractivity contribution < 1.29 is 9.53 Å². The van der Waals surface area contributed by atoms with Crippen LogP contribution in [0.5, 0.6) is 0 Å². The third-order valence-corrected chi connectivity index (χ3v) is 3.21. The van der Waals surface area contributed by atoms with Crippen LogP contribution in [0.15, 0.2) is 12.4 Å². The molecule has 1 unspecified atom stereocenters. The Labute approximate surface area is 99.3 Å². The number of ether oxygens (including phenoxy) is 1. The highest BCUT2D eigenvalue weighted by Gasteiger charge is 2.13. The molecule has 0 saturated carbocycles. The number of aryl methyl sites for hydroxylation is 1. The number of nitrogens with zero attached hydrogens (tertiary/aromatic N) is 2. The Morgan fingerprint density at radius 1 is 1.75 bits per heavy atom. The first-order valence-electron chi connectivity index (χ1n) is 5.09. The molecular weight excluding hydrogens is 226 g/mol. The van der Waals surface area contributed by atoms with Crippen molar-refractivity contribution in [2.24, 2.45) is 5.73 Å². The number of rotatable bonds is 6. The normalized spacial score (nSPS) is 12.4. The Kier molecular flexibility index (Phi) is 5.34. The van der Waals surface area contributed by atoms with Crippen molar-refractivity contribution in [3.05, 3.63) is 18.0 Å². The quantitative estimate of drug-likeness (QED) is 0.742. The molecule has 1 heterocycles. The van der Waals surface area contributed by atoms with Crippen molar-refractivity contribution in [3.8, 4) is 0 Å². The lowest BCUT2D eigenvalue weighted by Gasteiger charge is -2.07. The first-order valence-corrected chi connectivity index (χ1v) is 6.25. The van der Waals surface area contributed by atoms with Gasteiger partial charge in [-0.2, -0.15) is 16.9 Å². The van der Waals surface area contributed by atoms with Gasteiger partial charge in [0.2, 0.25) is 0 Å². The molecule has 5 nitrogen and oxygen atoms in total. The minimum atomic E-state index is -0.545. The van der Waals surface area contributed by atoms with E-state index in [2.05, 4.69) is 9.84 Å². The van der Waals surface area contributed by atoms with E-state index in [1.54, 1.807) is 11.8 Å². The van der Waals surface area contributed by atoms with Gasteiger partial charge in [-0.25, -0.2) is 0 Å². The van der Waals surface area contributed by atoms with Gasteiger partial charge in [0.15, 0.2) is 0 Å². The fourth-order valence-electron chi connectivity index (χ4n) is 1.18. The summed E-state index contributed by atoms with van der Waals surface area (Å²) in [5.41, 5.74) is 6.75. The second-order valence-corrected chi connectivity index (χ2v) is 4.38. The van der Waals surface area contributed by atoms with Crippen molar-refractivity contribution >= 4 is 17.7 Å². The van der Waals surface area contributed by atoms with E-state index in [1.165, 1.54) is 7.11 Å². The lowest BCUT2D eigenvalue weighted by atomic mass is 10.4. The van der Waals surface area contributed by atoms with Crippen LogP contribution in [0.25, 0.3) is 0 Å². The largest absolute Gasteiger partial charge is 0.468 e. The Hall–Kier alpha value is -1.01. The molecule has 0 saturated heterocycles. The average Bonchev–Trinajstić information content (AvgIpc) is 2.75. The second kappa shape index (κ2) is 6.55. The lowest BCUT2D eigenvalue weighted by Crippen LogP contribution is -2.33. The molecule has 1 rings (SSSR count). The molecular formula is C10H17N3O2S. The van der Waals surface area contributed by atoms with Gasteiger partial charge < -0.3 is 10.5 Å². The lowest BCUT2D eigenvalue weighted by molar-refractivity contribution is -0.141. The van der Waals surface area contributed by atoms with Gasteiger partial charge in [-0.15, -0.1) is 0 Å². The van der Waals surface area contributed by atoms with Gasteiger partial charge in [-0.1, -0.05) is 0 Å². The molecule has 0 aliphatic rings. The summed E-state index contributed by atoms with van der Waals surface area (Å²) in [5, 5.41) is 4.16. The minimum absolute atomic E-state index is 0.364. The van der Waals surface area contributed by atoms with Crippen LogP contribution >= 0.6 is 11.8 Å². The molecule has 0 spiro atoms. The van der Waals surface area contributed by atoms with Crippen molar-refractivity contribution in [1.29, 1.82) is 0 Å². The Morgan fingerprint density at radius 3 is 3.06 bits per heavy atom. The number of nitrogens with two attached hydrogens (primary N) is 1. The SMILES string of the molecule is CCn1cc(CSCC(N)C(=O)OC)cn1. The maximum Gasteiger partial charge on any atom is 0.323 e. The van der Waals surface area contributed by atoms with Crippen molar-refractivity contribution in [1.82, 2.24) is 9.78 Å². The third kappa shape index (κ3) is 3.86. The first-order chi connectivity index (χ1) is 7.67. The van der Waals surface area contributed by atoms with Gasteiger partial charge in [0.25, 0.3) is 0 Å². The molecule has 1 aromatic heterocycles. The number of thioether (sulfide) groups is 1. The fraction of sp³-hybridized carbons (Fsp3) is 0.600. The summed E-state index contributed by atoms with van der Waals surface area (Å²) < 4.78 is 6.41. The molecule has 0 radical (unpaired) electrons. The van der Waals surface area contributed by atoms with Crippen LogP contribution in [0.4, 0.5) is 0 Å². The molecule has 16 heavy (non-hydrogen) atoms. The van der Waals surface area contributed by atoms with E-state index < -0.39 is 6.04 Å². The first kappa shape index (κ1) is 13.1. The average molecular weight is 243 g/mol. The Bertz CT molecular complexity index is 341. The summed E-state index contributed by atoms with van der Waals surface area (Å²) in [7, 11) is 1.35. The summed E-state index contributed by atoms with van der Waals surface area (Å²) in [6, 6.07) is -0.545. The van der Waals surface area contributed by atoms with E-state index in [-0.39, 0.29) is 5.97 Å². The van der Waals surface area contributed by atoms with E-state index in [0.29, 0.717) is 5.75 Å². The third-order valence-electron chi connectivity index (χ3n) is 2.08. The molecule has 90 valence electrons. The number of hydrogen-bond acceptors (Lipinski definition) is 5. The summed E-state index contributed by atoms with van der Waals surface area (Å²) in [6.07, 6.45) is 3.83. The van der Waals surface area contributed by atoms with E-state index >= 15 is 0 Å². The fourth-order valence-corrected chi connectivity index (χ4v) is 2.07. The van der Waals surface area contributed by atoms with Crippen LogP contribution in [0, 0.1) is 0 Å². The topological polar surface area (TPSA) is 70.1 Å². The van der Waals surface area contributed by atoms with Crippen LogP contribution in [0.1, 0.15) is 12.5 Å². The molecule has 6 heteroatoms. The highest BCUT2D eigenvalue weighted by atomic mass is 32.2. The molecule has 1 aromatic rings. The predicted octanol–water partition coefficient (Wildman–Crippen LogP) is 0.636. The zero-order valence-corrected chi connectivity index (χ0v) is 10.4. The number of esters is 1. The van der Waals surface area contributed by atoms with Gasteiger partial charge in [0.05, 0.1) is 13.3 Å². The van der Waals surface area contributed by atoms with Crippen LogP contribution in [-0.4, -0.2) is 34.7 Å². The number of carbonyl (C=O) groups is 1. The minimum Gasteiger partial charge on any atom is -0.468 e.